The van der Waals surface area contributed by atoms with Gasteiger partial charge in [0.15, 0.2) is 0 Å². The zero-order valence-electron chi connectivity index (χ0n) is 16.1. The molecular weight excluding hydrogens is 370 g/mol. The standard InChI is InChI=1S/C22H23N3O4/c1-2-29-19-12-3-15(4-13-19)5-14-20(26)24-25-22(28)17-8-10-18(11-9-17)23-21(27)16-6-7-16/h3-5,8-14,16H,2,6-7H2,1H3,(H,23,27)(H,24,26)(H,25,28)/b14-5+. The summed E-state index contributed by atoms with van der Waals surface area (Å²) in [7, 11) is 0. The van der Waals surface area contributed by atoms with E-state index in [0.29, 0.717) is 17.9 Å². The second-order valence-corrected chi connectivity index (χ2v) is 6.62. The Labute approximate surface area is 169 Å². The Morgan fingerprint density at radius 2 is 1.69 bits per heavy atom. The van der Waals surface area contributed by atoms with E-state index in [4.69, 9.17) is 4.74 Å². The zero-order valence-corrected chi connectivity index (χ0v) is 16.1. The van der Waals surface area contributed by atoms with Crippen molar-refractivity contribution in [1.82, 2.24) is 10.9 Å². The number of carbonyl (C=O) groups excluding carboxylic acids is 3. The van der Waals surface area contributed by atoms with Crippen molar-refractivity contribution in [2.45, 2.75) is 19.8 Å². The van der Waals surface area contributed by atoms with Gasteiger partial charge in [0.2, 0.25) is 5.91 Å². The molecule has 0 aliphatic heterocycles. The molecule has 0 bridgehead atoms. The van der Waals surface area contributed by atoms with Gasteiger partial charge in [0.1, 0.15) is 5.75 Å². The molecule has 1 aliphatic rings. The summed E-state index contributed by atoms with van der Waals surface area (Å²) < 4.78 is 5.36. The molecule has 0 atom stereocenters. The van der Waals surface area contributed by atoms with E-state index in [1.807, 2.05) is 31.2 Å². The monoisotopic (exact) mass is 393 g/mol. The highest BCUT2D eigenvalue weighted by Gasteiger charge is 2.29. The highest BCUT2D eigenvalue weighted by Crippen LogP contribution is 2.30. The molecule has 0 aromatic heterocycles. The SMILES string of the molecule is CCOc1ccc(/C=C/C(=O)NNC(=O)c2ccc(NC(=O)C3CC3)cc2)cc1. The minimum Gasteiger partial charge on any atom is -0.494 e. The van der Waals surface area contributed by atoms with Gasteiger partial charge in [-0.2, -0.15) is 0 Å². The fourth-order valence-corrected chi connectivity index (χ4v) is 2.54. The first-order valence-corrected chi connectivity index (χ1v) is 9.47. The quantitative estimate of drug-likeness (QED) is 0.498. The summed E-state index contributed by atoms with van der Waals surface area (Å²) in [5.74, 6) is -0.0226. The van der Waals surface area contributed by atoms with Gasteiger partial charge < -0.3 is 10.1 Å². The Balaban J connectivity index is 1.45. The highest BCUT2D eigenvalue weighted by atomic mass is 16.5. The molecule has 1 aliphatic carbocycles. The Kier molecular flexibility index (Phi) is 6.63. The second kappa shape index (κ2) is 9.54. The lowest BCUT2D eigenvalue weighted by molar-refractivity contribution is -0.118. The van der Waals surface area contributed by atoms with Crippen molar-refractivity contribution in [2.75, 3.05) is 11.9 Å². The van der Waals surface area contributed by atoms with E-state index in [1.165, 1.54) is 6.08 Å². The van der Waals surface area contributed by atoms with Gasteiger partial charge in [0.25, 0.3) is 11.8 Å². The molecular formula is C22H23N3O4. The normalized spacial score (nSPS) is 13.0. The highest BCUT2D eigenvalue weighted by molar-refractivity contribution is 5.99. The maximum absolute atomic E-state index is 12.1. The molecule has 0 heterocycles. The predicted molar refractivity (Wildman–Crippen MR) is 110 cm³/mol. The summed E-state index contributed by atoms with van der Waals surface area (Å²) in [5, 5.41) is 2.81. The molecule has 0 spiro atoms. The minimum absolute atomic E-state index is 0.00813. The zero-order chi connectivity index (χ0) is 20.6. The number of nitrogens with one attached hydrogen (secondary N) is 3. The summed E-state index contributed by atoms with van der Waals surface area (Å²) in [6.07, 6.45) is 4.82. The molecule has 150 valence electrons. The van der Waals surface area contributed by atoms with Crippen molar-refractivity contribution in [1.29, 1.82) is 0 Å². The number of hydrazine groups is 1. The lowest BCUT2D eigenvalue weighted by atomic mass is 10.2. The number of hydrogen-bond acceptors (Lipinski definition) is 4. The second-order valence-electron chi connectivity index (χ2n) is 6.62. The molecule has 1 saturated carbocycles. The maximum atomic E-state index is 12.1. The summed E-state index contributed by atoms with van der Waals surface area (Å²) >= 11 is 0. The Hall–Kier alpha value is -3.61. The third kappa shape index (κ3) is 6.21. The lowest BCUT2D eigenvalue weighted by Crippen LogP contribution is -2.40. The molecule has 0 unspecified atom stereocenters. The van der Waals surface area contributed by atoms with E-state index in [9.17, 15) is 14.4 Å². The van der Waals surface area contributed by atoms with Crippen LogP contribution in [0.4, 0.5) is 5.69 Å². The number of carbonyl (C=O) groups is 3. The Bertz CT molecular complexity index is 901. The van der Waals surface area contributed by atoms with Crippen LogP contribution in [0, 0.1) is 5.92 Å². The molecule has 2 aromatic rings. The number of ether oxygens (including phenoxy) is 1. The van der Waals surface area contributed by atoms with Crippen LogP contribution >= 0.6 is 0 Å². The van der Waals surface area contributed by atoms with Crippen molar-refractivity contribution in [2.24, 2.45) is 5.92 Å². The van der Waals surface area contributed by atoms with Crippen LogP contribution in [0.2, 0.25) is 0 Å². The minimum atomic E-state index is -0.458. The fourth-order valence-electron chi connectivity index (χ4n) is 2.54. The van der Waals surface area contributed by atoms with E-state index in [0.717, 1.165) is 24.2 Å². The van der Waals surface area contributed by atoms with E-state index >= 15 is 0 Å². The van der Waals surface area contributed by atoms with Crippen molar-refractivity contribution in [3.63, 3.8) is 0 Å². The van der Waals surface area contributed by atoms with Crippen molar-refractivity contribution in [3.8, 4) is 5.75 Å². The first-order valence-electron chi connectivity index (χ1n) is 9.47. The third-order valence-electron chi connectivity index (χ3n) is 4.28. The molecule has 1 fully saturated rings. The van der Waals surface area contributed by atoms with E-state index in [1.54, 1.807) is 30.3 Å². The number of amides is 3. The van der Waals surface area contributed by atoms with Gasteiger partial charge in [-0.15, -0.1) is 0 Å². The molecule has 29 heavy (non-hydrogen) atoms. The summed E-state index contributed by atoms with van der Waals surface area (Å²) in [6.45, 7) is 2.50. The largest absolute Gasteiger partial charge is 0.494 e. The lowest BCUT2D eigenvalue weighted by Gasteiger charge is -2.07. The van der Waals surface area contributed by atoms with E-state index in [2.05, 4.69) is 16.2 Å². The van der Waals surface area contributed by atoms with Crippen LogP contribution in [0.1, 0.15) is 35.7 Å². The molecule has 3 N–H and O–H groups in total. The Morgan fingerprint density at radius 1 is 1.00 bits per heavy atom. The van der Waals surface area contributed by atoms with Crippen LogP contribution in [0.15, 0.2) is 54.6 Å². The van der Waals surface area contributed by atoms with Crippen LogP contribution in [-0.2, 0) is 9.59 Å². The fraction of sp³-hybridized carbons (Fsp3) is 0.227. The van der Waals surface area contributed by atoms with Gasteiger partial charge in [-0.25, -0.2) is 0 Å². The summed E-state index contributed by atoms with van der Waals surface area (Å²) in [6, 6.07) is 13.8. The van der Waals surface area contributed by atoms with Crippen molar-refractivity contribution < 1.29 is 19.1 Å². The molecule has 7 heteroatoms. The molecule has 0 radical (unpaired) electrons. The van der Waals surface area contributed by atoms with Gasteiger partial charge in [-0.3, -0.25) is 25.2 Å². The molecule has 3 amide bonds. The van der Waals surface area contributed by atoms with E-state index in [-0.39, 0.29) is 11.8 Å². The predicted octanol–water partition coefficient (Wildman–Crippen LogP) is 2.91. The van der Waals surface area contributed by atoms with Gasteiger partial charge in [-0.05, 0) is 67.8 Å². The third-order valence-corrected chi connectivity index (χ3v) is 4.28. The van der Waals surface area contributed by atoms with Crippen LogP contribution in [0.5, 0.6) is 5.75 Å². The van der Waals surface area contributed by atoms with Gasteiger partial charge in [0, 0.05) is 23.2 Å². The molecule has 2 aromatic carbocycles. The van der Waals surface area contributed by atoms with Gasteiger partial charge >= 0.3 is 0 Å². The summed E-state index contributed by atoms with van der Waals surface area (Å²) in [5.41, 5.74) is 6.52. The van der Waals surface area contributed by atoms with Crippen LogP contribution in [0.25, 0.3) is 6.08 Å². The summed E-state index contributed by atoms with van der Waals surface area (Å²) in [4.78, 5) is 35.7. The molecule has 7 nitrogen and oxygen atoms in total. The number of anilines is 1. The smallest absolute Gasteiger partial charge is 0.269 e. The van der Waals surface area contributed by atoms with Crippen molar-refractivity contribution >= 4 is 29.5 Å². The first-order chi connectivity index (χ1) is 14.0. The van der Waals surface area contributed by atoms with E-state index < -0.39 is 11.8 Å². The Morgan fingerprint density at radius 3 is 2.31 bits per heavy atom. The average Bonchev–Trinajstić information content (AvgIpc) is 3.58. The van der Waals surface area contributed by atoms with Crippen LogP contribution in [0.3, 0.4) is 0 Å². The number of benzene rings is 2. The number of hydrogen-bond donors (Lipinski definition) is 3. The molecule has 3 rings (SSSR count). The van der Waals surface area contributed by atoms with Crippen molar-refractivity contribution in [3.05, 3.63) is 65.7 Å². The maximum Gasteiger partial charge on any atom is 0.269 e. The van der Waals surface area contributed by atoms with Gasteiger partial charge in [-0.1, -0.05) is 12.1 Å². The van der Waals surface area contributed by atoms with Gasteiger partial charge in [0.05, 0.1) is 6.61 Å². The average molecular weight is 393 g/mol. The van der Waals surface area contributed by atoms with Crippen LogP contribution in [-0.4, -0.2) is 24.3 Å². The topological polar surface area (TPSA) is 96.5 Å². The number of rotatable bonds is 7. The molecule has 0 saturated heterocycles. The first kappa shape index (κ1) is 20.1. The van der Waals surface area contributed by atoms with Crippen LogP contribution < -0.4 is 20.9 Å².